The molecule has 2 aromatic carbocycles. The Morgan fingerprint density at radius 2 is 1.76 bits per heavy atom. The highest BCUT2D eigenvalue weighted by atomic mass is 32.2. The Morgan fingerprint density at radius 3 is 2.46 bits per heavy atom. The van der Waals surface area contributed by atoms with Gasteiger partial charge in [-0.1, -0.05) is 24.3 Å². The standard InChI is InChI=1S/C27H27N3O5S2/c1-16(24(31)30-27-29-22(15-36-27)21-9-5-6-10-23(21)35-2)37-18-13-11-17(12-14-18)28-25(32)19-7-3-4-8-20(19)26(33)34/h3-6,9-16,19-20H,7-8H2,1-2H3,(H,28,32)(H,33,34)(H,29,30,31). The van der Waals surface area contributed by atoms with Crippen molar-refractivity contribution < 1.29 is 24.2 Å². The maximum atomic E-state index is 12.8. The van der Waals surface area contributed by atoms with Gasteiger partial charge in [0.05, 0.1) is 29.9 Å². The van der Waals surface area contributed by atoms with Crippen LogP contribution in [0.3, 0.4) is 0 Å². The number of carbonyl (C=O) groups is 3. The monoisotopic (exact) mass is 537 g/mol. The van der Waals surface area contributed by atoms with Crippen molar-refractivity contribution in [2.75, 3.05) is 17.7 Å². The van der Waals surface area contributed by atoms with Gasteiger partial charge in [-0.05, 0) is 56.2 Å². The van der Waals surface area contributed by atoms with Gasteiger partial charge in [0.25, 0.3) is 0 Å². The third kappa shape index (κ3) is 6.58. The second kappa shape index (κ2) is 12.1. The molecule has 4 rings (SSSR count). The highest BCUT2D eigenvalue weighted by Crippen LogP contribution is 2.33. The summed E-state index contributed by atoms with van der Waals surface area (Å²) in [6.45, 7) is 1.81. The number of hydrogen-bond donors (Lipinski definition) is 3. The van der Waals surface area contributed by atoms with Gasteiger partial charge in [0.2, 0.25) is 11.8 Å². The van der Waals surface area contributed by atoms with Crippen molar-refractivity contribution >= 4 is 51.7 Å². The van der Waals surface area contributed by atoms with Crippen molar-refractivity contribution in [2.24, 2.45) is 11.8 Å². The lowest BCUT2D eigenvalue weighted by atomic mass is 9.82. The zero-order valence-electron chi connectivity index (χ0n) is 20.3. The van der Waals surface area contributed by atoms with E-state index < -0.39 is 17.8 Å². The Kier molecular flexibility index (Phi) is 8.62. The number of para-hydroxylation sites is 1. The van der Waals surface area contributed by atoms with Crippen LogP contribution in [0.1, 0.15) is 19.8 Å². The number of nitrogens with zero attached hydrogens (tertiary/aromatic N) is 1. The smallest absolute Gasteiger partial charge is 0.307 e. The summed E-state index contributed by atoms with van der Waals surface area (Å²) >= 11 is 2.73. The highest BCUT2D eigenvalue weighted by Gasteiger charge is 2.34. The van der Waals surface area contributed by atoms with Crippen LogP contribution in [0.15, 0.2) is 71.0 Å². The number of allylic oxidation sites excluding steroid dienone is 2. The summed E-state index contributed by atoms with van der Waals surface area (Å²) in [4.78, 5) is 42.3. The number of hydrogen-bond acceptors (Lipinski definition) is 7. The molecule has 1 aromatic heterocycles. The summed E-state index contributed by atoms with van der Waals surface area (Å²) in [6, 6.07) is 14.7. The normalized spacial score (nSPS) is 17.6. The number of thiazole rings is 1. The maximum Gasteiger partial charge on any atom is 0.307 e. The van der Waals surface area contributed by atoms with Crippen molar-refractivity contribution in [1.29, 1.82) is 0 Å². The van der Waals surface area contributed by atoms with Crippen molar-refractivity contribution in [3.63, 3.8) is 0 Å². The van der Waals surface area contributed by atoms with Crippen LogP contribution in [0.5, 0.6) is 5.75 Å². The first kappa shape index (κ1) is 26.4. The number of rotatable bonds is 9. The fourth-order valence-corrected chi connectivity index (χ4v) is 5.59. The summed E-state index contributed by atoms with van der Waals surface area (Å²) in [5, 5.41) is 17.1. The molecule has 1 aliphatic rings. The van der Waals surface area contributed by atoms with Gasteiger partial charge in [-0.15, -0.1) is 23.1 Å². The minimum Gasteiger partial charge on any atom is -0.496 e. The molecule has 1 aliphatic carbocycles. The summed E-state index contributed by atoms with van der Waals surface area (Å²) in [5.74, 6) is -2.05. The van der Waals surface area contributed by atoms with E-state index in [-0.39, 0.29) is 17.1 Å². The van der Waals surface area contributed by atoms with E-state index in [4.69, 9.17) is 4.74 Å². The van der Waals surface area contributed by atoms with Gasteiger partial charge in [0, 0.05) is 21.5 Å². The average Bonchev–Trinajstić information content (AvgIpc) is 3.37. The molecule has 0 spiro atoms. The van der Waals surface area contributed by atoms with Crippen LogP contribution in [0.4, 0.5) is 10.8 Å². The maximum absolute atomic E-state index is 12.8. The van der Waals surface area contributed by atoms with Crippen LogP contribution in [0.2, 0.25) is 0 Å². The number of anilines is 2. The van der Waals surface area contributed by atoms with Crippen LogP contribution in [0.25, 0.3) is 11.3 Å². The fraction of sp³-hybridized carbons (Fsp3) is 0.259. The summed E-state index contributed by atoms with van der Waals surface area (Å²) < 4.78 is 5.39. The van der Waals surface area contributed by atoms with Crippen LogP contribution in [0, 0.1) is 11.8 Å². The average molecular weight is 538 g/mol. The number of thioether (sulfide) groups is 1. The Hall–Kier alpha value is -3.63. The number of aromatic nitrogens is 1. The predicted molar refractivity (Wildman–Crippen MR) is 146 cm³/mol. The van der Waals surface area contributed by atoms with Gasteiger partial charge in [-0.25, -0.2) is 4.98 Å². The van der Waals surface area contributed by atoms with E-state index in [1.807, 2.05) is 54.8 Å². The molecule has 0 radical (unpaired) electrons. The second-order valence-electron chi connectivity index (χ2n) is 8.50. The zero-order chi connectivity index (χ0) is 26.4. The first-order chi connectivity index (χ1) is 17.9. The number of methoxy groups -OCH3 is 1. The zero-order valence-corrected chi connectivity index (χ0v) is 22.0. The Balaban J connectivity index is 1.32. The Labute approximate surface area is 223 Å². The van der Waals surface area contributed by atoms with Crippen LogP contribution >= 0.6 is 23.1 Å². The van der Waals surface area contributed by atoms with Gasteiger partial charge in [0.15, 0.2) is 5.13 Å². The molecule has 3 N–H and O–H groups in total. The lowest BCUT2D eigenvalue weighted by molar-refractivity contribution is -0.146. The number of carboxylic acid groups (broad SMARTS) is 1. The van der Waals surface area contributed by atoms with E-state index in [0.29, 0.717) is 29.4 Å². The van der Waals surface area contributed by atoms with Crippen LogP contribution in [-0.4, -0.2) is 40.2 Å². The van der Waals surface area contributed by atoms with E-state index in [9.17, 15) is 19.5 Å². The quantitative estimate of drug-likeness (QED) is 0.242. The van der Waals surface area contributed by atoms with Crippen molar-refractivity contribution in [3.8, 4) is 17.0 Å². The third-order valence-corrected chi connectivity index (χ3v) is 7.88. The first-order valence-electron chi connectivity index (χ1n) is 11.7. The molecule has 8 nitrogen and oxygen atoms in total. The lowest BCUT2D eigenvalue weighted by Crippen LogP contribution is -2.34. The van der Waals surface area contributed by atoms with Gasteiger partial charge >= 0.3 is 5.97 Å². The molecule has 2 amide bonds. The van der Waals surface area contributed by atoms with E-state index in [1.165, 1.54) is 23.1 Å². The molecule has 3 unspecified atom stereocenters. The molecule has 1 heterocycles. The van der Waals surface area contributed by atoms with Crippen molar-refractivity contribution in [3.05, 3.63) is 66.1 Å². The summed E-state index contributed by atoms with van der Waals surface area (Å²) in [5.41, 5.74) is 2.17. The van der Waals surface area contributed by atoms with Crippen LogP contribution in [-0.2, 0) is 14.4 Å². The largest absolute Gasteiger partial charge is 0.496 e. The number of benzene rings is 2. The van der Waals surface area contributed by atoms with Crippen molar-refractivity contribution in [2.45, 2.75) is 29.9 Å². The number of nitrogens with one attached hydrogen (secondary N) is 2. The lowest BCUT2D eigenvalue weighted by Gasteiger charge is -2.24. The Morgan fingerprint density at radius 1 is 1.05 bits per heavy atom. The van der Waals surface area contributed by atoms with E-state index in [0.717, 1.165) is 16.2 Å². The molecule has 0 saturated heterocycles. The number of amides is 2. The predicted octanol–water partition coefficient (Wildman–Crippen LogP) is 5.54. The molecule has 3 aromatic rings. The molecule has 37 heavy (non-hydrogen) atoms. The molecular formula is C27H27N3O5S2. The number of carboxylic acids is 1. The van der Waals surface area contributed by atoms with Gasteiger partial charge < -0.3 is 20.5 Å². The molecule has 0 fully saturated rings. The highest BCUT2D eigenvalue weighted by molar-refractivity contribution is 8.00. The SMILES string of the molecule is COc1ccccc1-c1csc(NC(=O)C(C)Sc2ccc(NC(=O)C3CC=CCC3C(=O)O)cc2)n1. The minimum atomic E-state index is -0.961. The van der Waals surface area contributed by atoms with Gasteiger partial charge in [-0.2, -0.15) is 0 Å². The number of carbonyl (C=O) groups excluding carboxylic acids is 2. The van der Waals surface area contributed by atoms with E-state index in [2.05, 4.69) is 15.6 Å². The van der Waals surface area contributed by atoms with Gasteiger partial charge in [0.1, 0.15) is 5.75 Å². The van der Waals surface area contributed by atoms with E-state index >= 15 is 0 Å². The minimum absolute atomic E-state index is 0.173. The molecule has 0 bridgehead atoms. The molecular weight excluding hydrogens is 510 g/mol. The first-order valence-corrected chi connectivity index (χ1v) is 13.5. The molecule has 0 aliphatic heterocycles. The summed E-state index contributed by atoms with van der Waals surface area (Å²) in [7, 11) is 1.61. The number of aliphatic carboxylic acids is 1. The topological polar surface area (TPSA) is 118 Å². The fourth-order valence-electron chi connectivity index (χ4n) is 4.00. The molecule has 192 valence electrons. The number of ether oxygens (including phenoxy) is 1. The summed E-state index contributed by atoms with van der Waals surface area (Å²) in [6.07, 6.45) is 4.41. The molecule has 0 saturated carbocycles. The molecule has 10 heteroatoms. The Bertz CT molecular complexity index is 1310. The van der Waals surface area contributed by atoms with Crippen molar-refractivity contribution in [1.82, 2.24) is 4.98 Å². The second-order valence-corrected chi connectivity index (χ2v) is 10.8. The van der Waals surface area contributed by atoms with E-state index in [1.54, 1.807) is 25.3 Å². The third-order valence-electron chi connectivity index (χ3n) is 6.01. The van der Waals surface area contributed by atoms with Gasteiger partial charge in [-0.3, -0.25) is 14.4 Å². The van der Waals surface area contributed by atoms with Crippen LogP contribution < -0.4 is 15.4 Å². The molecule has 3 atom stereocenters.